The molecule has 0 saturated heterocycles. The maximum absolute atomic E-state index is 12.5. The molecule has 0 aliphatic carbocycles. The molecule has 7 nitrogen and oxygen atoms in total. The van der Waals surface area contributed by atoms with E-state index in [0.717, 1.165) is 31.9 Å². The van der Waals surface area contributed by atoms with Crippen molar-refractivity contribution in [2.24, 2.45) is 0 Å². The third-order valence-corrected chi connectivity index (χ3v) is 5.89. The molecule has 0 fully saturated rings. The summed E-state index contributed by atoms with van der Waals surface area (Å²) in [6, 6.07) is 24.2. The molecule has 2 N–H and O–H groups in total. The number of benzene rings is 3. The first-order valence-electron chi connectivity index (χ1n) is 9.79. The van der Waals surface area contributed by atoms with E-state index in [2.05, 4.69) is 55.2 Å². The van der Waals surface area contributed by atoms with E-state index in [1.807, 2.05) is 48.5 Å². The smallest absolute Gasteiger partial charge is 0.227 e. The molecule has 5 aromatic rings. The van der Waals surface area contributed by atoms with Gasteiger partial charge in [0, 0.05) is 12.1 Å². The molecule has 0 unspecified atom stereocenters. The van der Waals surface area contributed by atoms with Crippen LogP contribution in [-0.4, -0.2) is 31.5 Å². The highest BCUT2D eigenvalue weighted by Crippen LogP contribution is 2.28. The van der Waals surface area contributed by atoms with Crippen LogP contribution >= 0.6 is 11.3 Å². The largest absolute Gasteiger partial charge is 0.352 e. The van der Waals surface area contributed by atoms with Crippen LogP contribution in [-0.2, 0) is 17.8 Å². The lowest BCUT2D eigenvalue weighted by atomic mass is 10.1. The Labute approximate surface area is 182 Å². The molecule has 0 radical (unpaired) electrons. The number of carbonyl (C=O) groups excluding carboxylic acids is 1. The molecule has 0 bridgehead atoms. The van der Waals surface area contributed by atoms with Gasteiger partial charge >= 0.3 is 0 Å². The lowest BCUT2D eigenvalue weighted by Crippen LogP contribution is -2.24. The molecular weight excluding hydrogens is 408 g/mol. The van der Waals surface area contributed by atoms with Crippen LogP contribution in [0.2, 0.25) is 0 Å². The van der Waals surface area contributed by atoms with E-state index < -0.39 is 0 Å². The van der Waals surface area contributed by atoms with Gasteiger partial charge in [-0.05, 0) is 40.1 Å². The highest BCUT2D eigenvalue weighted by atomic mass is 32.1. The fourth-order valence-electron chi connectivity index (χ4n) is 3.36. The van der Waals surface area contributed by atoms with Crippen LogP contribution in [0.5, 0.6) is 0 Å². The predicted molar refractivity (Wildman–Crippen MR) is 120 cm³/mol. The minimum absolute atomic E-state index is 0.0627. The number of H-pyrrole nitrogens is 1. The van der Waals surface area contributed by atoms with Crippen LogP contribution in [0.3, 0.4) is 0 Å². The average molecular weight is 427 g/mol. The van der Waals surface area contributed by atoms with E-state index in [9.17, 15) is 4.79 Å². The maximum atomic E-state index is 12.5. The van der Waals surface area contributed by atoms with Gasteiger partial charge in [0.15, 0.2) is 0 Å². The first-order valence-corrected chi connectivity index (χ1v) is 10.6. The van der Waals surface area contributed by atoms with Gasteiger partial charge in [-0.1, -0.05) is 54.6 Å². The zero-order valence-electron chi connectivity index (χ0n) is 16.4. The van der Waals surface area contributed by atoms with Crippen molar-refractivity contribution in [2.45, 2.75) is 13.0 Å². The van der Waals surface area contributed by atoms with Gasteiger partial charge in [-0.25, -0.2) is 4.98 Å². The Kier molecular flexibility index (Phi) is 5.20. The summed E-state index contributed by atoms with van der Waals surface area (Å²) in [5.41, 5.74) is 5.04. The molecule has 1 amide bonds. The summed E-state index contributed by atoms with van der Waals surface area (Å²) in [6.07, 6.45) is 0.255. The van der Waals surface area contributed by atoms with Gasteiger partial charge in [0.05, 0.1) is 16.6 Å². The molecule has 0 aliphatic rings. The van der Waals surface area contributed by atoms with Crippen molar-refractivity contribution in [1.29, 1.82) is 0 Å². The highest BCUT2D eigenvalue weighted by Gasteiger charge is 2.11. The number of thiazole rings is 1. The molecule has 31 heavy (non-hydrogen) atoms. The van der Waals surface area contributed by atoms with E-state index in [1.165, 1.54) is 5.56 Å². The zero-order valence-corrected chi connectivity index (χ0v) is 17.3. The molecule has 3 aromatic carbocycles. The van der Waals surface area contributed by atoms with E-state index in [0.29, 0.717) is 12.4 Å². The molecular formula is C23H18N6OS. The third kappa shape index (κ3) is 4.34. The molecule has 8 heteroatoms. The Morgan fingerprint density at radius 1 is 0.935 bits per heavy atom. The van der Waals surface area contributed by atoms with Crippen LogP contribution in [0.4, 0.5) is 0 Å². The monoisotopic (exact) mass is 426 g/mol. The molecule has 0 saturated carbocycles. The van der Waals surface area contributed by atoms with Crippen molar-refractivity contribution in [3.05, 3.63) is 83.4 Å². The van der Waals surface area contributed by atoms with Crippen molar-refractivity contribution in [3.63, 3.8) is 0 Å². The number of tetrazole rings is 1. The van der Waals surface area contributed by atoms with Gasteiger partial charge in [0.2, 0.25) is 11.7 Å². The van der Waals surface area contributed by atoms with Crippen LogP contribution in [0.15, 0.2) is 72.8 Å². The SMILES string of the molecule is O=C(Cc1nc2ccc(-c3ccccc3)cc2s1)NCc1cccc(-c2nn[nH]n2)c1. The number of aromatic nitrogens is 5. The number of hydrogen-bond acceptors (Lipinski definition) is 6. The van der Waals surface area contributed by atoms with E-state index in [1.54, 1.807) is 11.3 Å². The Balaban J connectivity index is 1.25. The Hall–Kier alpha value is -3.91. The van der Waals surface area contributed by atoms with E-state index in [-0.39, 0.29) is 12.3 Å². The van der Waals surface area contributed by atoms with Gasteiger partial charge in [-0.2, -0.15) is 5.21 Å². The van der Waals surface area contributed by atoms with Crippen molar-refractivity contribution in [2.75, 3.05) is 0 Å². The molecule has 2 heterocycles. The number of nitrogens with one attached hydrogen (secondary N) is 2. The van der Waals surface area contributed by atoms with Crippen molar-refractivity contribution >= 4 is 27.5 Å². The second-order valence-corrected chi connectivity index (χ2v) is 8.16. The second kappa shape index (κ2) is 8.45. The fourth-order valence-corrected chi connectivity index (χ4v) is 4.37. The van der Waals surface area contributed by atoms with Crippen molar-refractivity contribution in [1.82, 2.24) is 30.9 Å². The molecule has 0 spiro atoms. The second-order valence-electron chi connectivity index (χ2n) is 7.05. The molecule has 5 rings (SSSR count). The lowest BCUT2D eigenvalue weighted by molar-refractivity contribution is -0.120. The van der Waals surface area contributed by atoms with Crippen LogP contribution in [0.1, 0.15) is 10.6 Å². The topological polar surface area (TPSA) is 96.5 Å². The Morgan fingerprint density at radius 2 is 1.81 bits per heavy atom. The van der Waals surface area contributed by atoms with Crippen LogP contribution in [0, 0.1) is 0 Å². The van der Waals surface area contributed by atoms with Gasteiger partial charge < -0.3 is 5.32 Å². The summed E-state index contributed by atoms with van der Waals surface area (Å²) in [4.78, 5) is 17.1. The van der Waals surface area contributed by atoms with Crippen LogP contribution in [0.25, 0.3) is 32.7 Å². The number of carbonyl (C=O) groups is 1. The maximum Gasteiger partial charge on any atom is 0.227 e. The van der Waals surface area contributed by atoms with Gasteiger partial charge in [0.25, 0.3) is 0 Å². The van der Waals surface area contributed by atoms with Crippen LogP contribution < -0.4 is 5.32 Å². The number of aromatic amines is 1. The van der Waals surface area contributed by atoms with Crippen molar-refractivity contribution in [3.8, 4) is 22.5 Å². The Bertz CT molecular complexity index is 1330. The number of amides is 1. The summed E-state index contributed by atoms with van der Waals surface area (Å²) in [5.74, 6) is 0.463. The lowest BCUT2D eigenvalue weighted by Gasteiger charge is -2.05. The summed E-state index contributed by atoms with van der Waals surface area (Å²) in [5, 5.41) is 17.8. The fraction of sp³-hybridized carbons (Fsp3) is 0.0870. The van der Waals surface area contributed by atoms with Gasteiger partial charge in [0.1, 0.15) is 5.01 Å². The minimum atomic E-state index is -0.0627. The quantitative estimate of drug-likeness (QED) is 0.428. The minimum Gasteiger partial charge on any atom is -0.352 e. The number of nitrogens with zero attached hydrogens (tertiary/aromatic N) is 4. The number of rotatable bonds is 6. The first kappa shape index (κ1) is 19.1. The molecule has 0 atom stereocenters. The molecule has 2 aromatic heterocycles. The highest BCUT2D eigenvalue weighted by molar-refractivity contribution is 7.18. The van der Waals surface area contributed by atoms with E-state index >= 15 is 0 Å². The summed E-state index contributed by atoms with van der Waals surface area (Å²) in [7, 11) is 0. The molecule has 152 valence electrons. The summed E-state index contributed by atoms with van der Waals surface area (Å²) < 4.78 is 1.08. The van der Waals surface area contributed by atoms with Crippen molar-refractivity contribution < 1.29 is 4.79 Å². The van der Waals surface area contributed by atoms with Gasteiger partial charge in [-0.3, -0.25) is 4.79 Å². The third-order valence-electron chi connectivity index (χ3n) is 4.87. The van der Waals surface area contributed by atoms with E-state index in [4.69, 9.17) is 0 Å². The van der Waals surface area contributed by atoms with Gasteiger partial charge in [-0.15, -0.1) is 21.5 Å². The molecule has 0 aliphatic heterocycles. The standard InChI is InChI=1S/C23H18N6OS/c30-21(24-14-15-5-4-8-18(11-15)23-26-28-29-27-23)13-22-25-19-10-9-17(12-20(19)31-22)16-6-2-1-3-7-16/h1-12H,13-14H2,(H,24,30)(H,26,27,28,29). The summed E-state index contributed by atoms with van der Waals surface area (Å²) >= 11 is 1.56. The first-order chi connectivity index (χ1) is 15.2. The Morgan fingerprint density at radius 3 is 2.65 bits per heavy atom. The normalized spacial score (nSPS) is 11.0. The zero-order chi connectivity index (χ0) is 21.0. The number of fused-ring (bicyclic) bond motifs is 1. The summed E-state index contributed by atoms with van der Waals surface area (Å²) in [6.45, 7) is 0.424. The number of hydrogen-bond donors (Lipinski definition) is 2. The predicted octanol–water partition coefficient (Wildman–Crippen LogP) is 4.00. The average Bonchev–Trinajstić information content (AvgIpc) is 3.48.